The number of halogens is 1. The summed E-state index contributed by atoms with van der Waals surface area (Å²) in [6.07, 6.45) is 1.86. The minimum atomic E-state index is -1.05. The summed E-state index contributed by atoms with van der Waals surface area (Å²) < 4.78 is 0. The number of carboxylic acid groups (broad SMARTS) is 1. The summed E-state index contributed by atoms with van der Waals surface area (Å²) in [5, 5.41) is 8.80. The van der Waals surface area contributed by atoms with Crippen LogP contribution in [0.5, 0.6) is 0 Å². The molecule has 0 bridgehead atoms. The van der Waals surface area contributed by atoms with E-state index in [0.29, 0.717) is 5.69 Å². The lowest BCUT2D eigenvalue weighted by Crippen LogP contribution is -2.14. The fourth-order valence-corrected chi connectivity index (χ4v) is 1.55. The normalized spacial score (nSPS) is 15.5. The quantitative estimate of drug-likeness (QED) is 0.784. The highest BCUT2D eigenvalue weighted by Gasteiger charge is 2.29. The van der Waals surface area contributed by atoms with Gasteiger partial charge in [-0.15, -0.1) is 0 Å². The molecule has 2 rings (SSSR count). The smallest absolute Gasteiger partial charge is 0.337 e. The van der Waals surface area contributed by atoms with E-state index in [2.05, 4.69) is 4.98 Å². The molecule has 4 nitrogen and oxygen atoms in total. The van der Waals surface area contributed by atoms with Crippen molar-refractivity contribution in [1.29, 1.82) is 0 Å². The number of rotatable bonds is 2. The van der Waals surface area contributed by atoms with Gasteiger partial charge in [0.2, 0.25) is 0 Å². The first kappa shape index (κ1) is 9.27. The Labute approximate surface area is 84.5 Å². The third-order valence-electron chi connectivity index (χ3n) is 2.24. The van der Waals surface area contributed by atoms with Crippen molar-refractivity contribution in [3.8, 4) is 0 Å². The van der Waals surface area contributed by atoms with Crippen LogP contribution < -0.4 is 5.56 Å². The fraction of sp³-hybridized carbons (Fsp3) is 0.333. The van der Waals surface area contributed by atoms with E-state index in [4.69, 9.17) is 16.7 Å². The second-order valence-electron chi connectivity index (χ2n) is 3.35. The molecule has 1 aliphatic carbocycles. The number of aromatic amines is 1. The molecule has 0 aromatic carbocycles. The van der Waals surface area contributed by atoms with Crippen LogP contribution in [0, 0.1) is 0 Å². The minimum Gasteiger partial charge on any atom is -0.478 e. The molecule has 1 aromatic heterocycles. The van der Waals surface area contributed by atoms with Gasteiger partial charge in [-0.3, -0.25) is 4.79 Å². The molecule has 0 amide bonds. The zero-order valence-corrected chi connectivity index (χ0v) is 7.97. The highest BCUT2D eigenvalue weighted by atomic mass is 35.5. The molecule has 0 unspecified atom stereocenters. The molecule has 0 radical (unpaired) electrons. The van der Waals surface area contributed by atoms with E-state index >= 15 is 0 Å². The van der Waals surface area contributed by atoms with Crippen molar-refractivity contribution >= 4 is 17.6 Å². The van der Waals surface area contributed by atoms with Crippen LogP contribution in [0.4, 0.5) is 0 Å². The molecule has 1 saturated carbocycles. The van der Waals surface area contributed by atoms with E-state index in [-0.39, 0.29) is 16.5 Å². The van der Waals surface area contributed by atoms with Crippen LogP contribution in [0.3, 0.4) is 0 Å². The maximum atomic E-state index is 11.2. The van der Waals surface area contributed by atoms with Crippen LogP contribution in [0.1, 0.15) is 34.8 Å². The van der Waals surface area contributed by atoms with Crippen molar-refractivity contribution in [1.82, 2.24) is 4.98 Å². The second-order valence-corrected chi connectivity index (χ2v) is 3.76. The molecule has 0 saturated heterocycles. The lowest BCUT2D eigenvalue weighted by molar-refractivity contribution is 0.0695. The van der Waals surface area contributed by atoms with Crippen molar-refractivity contribution in [2.24, 2.45) is 0 Å². The average molecular weight is 214 g/mol. The van der Waals surface area contributed by atoms with Crippen LogP contribution in [0.15, 0.2) is 10.9 Å². The third-order valence-corrected chi connectivity index (χ3v) is 2.52. The zero-order chi connectivity index (χ0) is 10.3. The van der Waals surface area contributed by atoms with Crippen molar-refractivity contribution in [3.63, 3.8) is 0 Å². The molecule has 0 atom stereocenters. The number of pyridine rings is 1. The maximum absolute atomic E-state index is 11.2. The van der Waals surface area contributed by atoms with Crippen molar-refractivity contribution in [2.75, 3.05) is 0 Å². The zero-order valence-electron chi connectivity index (χ0n) is 7.21. The molecule has 14 heavy (non-hydrogen) atoms. The van der Waals surface area contributed by atoms with Crippen LogP contribution in [0.25, 0.3) is 0 Å². The molecular weight excluding hydrogens is 206 g/mol. The fourth-order valence-electron chi connectivity index (χ4n) is 1.39. The Morgan fingerprint density at radius 3 is 2.71 bits per heavy atom. The van der Waals surface area contributed by atoms with Gasteiger partial charge >= 0.3 is 5.97 Å². The maximum Gasteiger partial charge on any atom is 0.337 e. The molecular formula is C9H8ClNO3. The van der Waals surface area contributed by atoms with E-state index in [0.717, 1.165) is 12.8 Å². The summed E-state index contributed by atoms with van der Waals surface area (Å²) in [5.41, 5.74) is 0.197. The first-order chi connectivity index (χ1) is 6.59. The summed E-state index contributed by atoms with van der Waals surface area (Å²) in [5.74, 6) is -0.865. The molecule has 0 aliphatic heterocycles. The number of hydrogen-bond donors (Lipinski definition) is 2. The SMILES string of the molecule is O=C(O)c1cc(Cl)c(=O)[nH]c1C1CC1. The standard InChI is InChI=1S/C9H8ClNO3/c10-6-3-5(9(13)14)7(4-1-2-4)11-8(6)12/h3-4H,1-2H2,(H,11,12)(H,13,14). The first-order valence-corrected chi connectivity index (χ1v) is 4.63. The number of H-pyrrole nitrogens is 1. The van der Waals surface area contributed by atoms with Crippen molar-refractivity contribution < 1.29 is 9.90 Å². The van der Waals surface area contributed by atoms with Gasteiger partial charge in [0, 0.05) is 11.6 Å². The summed E-state index contributed by atoms with van der Waals surface area (Å²) in [7, 11) is 0. The summed E-state index contributed by atoms with van der Waals surface area (Å²) in [4.78, 5) is 24.5. The van der Waals surface area contributed by atoms with Gasteiger partial charge in [-0.1, -0.05) is 11.6 Å². The lowest BCUT2D eigenvalue weighted by atomic mass is 10.1. The second kappa shape index (κ2) is 3.13. The molecule has 1 heterocycles. The van der Waals surface area contributed by atoms with Crippen molar-refractivity contribution in [3.05, 3.63) is 32.7 Å². The molecule has 2 N–H and O–H groups in total. The average Bonchev–Trinajstić information content (AvgIpc) is 2.91. The number of aromatic nitrogens is 1. The van der Waals surface area contributed by atoms with E-state index in [1.54, 1.807) is 0 Å². The van der Waals surface area contributed by atoms with E-state index in [1.807, 2.05) is 0 Å². The third kappa shape index (κ3) is 1.53. The Balaban J connectivity index is 2.60. The topological polar surface area (TPSA) is 70.2 Å². The van der Waals surface area contributed by atoms with E-state index < -0.39 is 11.5 Å². The van der Waals surface area contributed by atoms with Gasteiger partial charge in [-0.2, -0.15) is 0 Å². The van der Waals surface area contributed by atoms with Gasteiger partial charge in [0.25, 0.3) is 5.56 Å². The van der Waals surface area contributed by atoms with Gasteiger partial charge in [-0.25, -0.2) is 4.79 Å². The highest BCUT2D eigenvalue weighted by Crippen LogP contribution is 2.40. The predicted molar refractivity (Wildman–Crippen MR) is 51.0 cm³/mol. The van der Waals surface area contributed by atoms with E-state index in [1.165, 1.54) is 6.07 Å². The number of carbonyl (C=O) groups is 1. The first-order valence-electron chi connectivity index (χ1n) is 4.25. The van der Waals surface area contributed by atoms with Crippen LogP contribution in [0.2, 0.25) is 5.02 Å². The summed E-state index contributed by atoms with van der Waals surface area (Å²) in [6, 6.07) is 1.22. The van der Waals surface area contributed by atoms with Gasteiger partial charge in [0.05, 0.1) is 5.56 Å². The predicted octanol–water partition coefficient (Wildman–Crippen LogP) is 1.60. The van der Waals surface area contributed by atoms with Gasteiger partial charge < -0.3 is 10.1 Å². The Kier molecular flexibility index (Phi) is 2.07. The molecule has 74 valence electrons. The Morgan fingerprint density at radius 1 is 1.57 bits per heavy atom. The molecule has 5 heteroatoms. The Bertz CT molecular complexity index is 448. The van der Waals surface area contributed by atoms with Crippen LogP contribution in [-0.4, -0.2) is 16.1 Å². The van der Waals surface area contributed by atoms with Crippen molar-refractivity contribution in [2.45, 2.75) is 18.8 Å². The van der Waals surface area contributed by atoms with Crippen LogP contribution >= 0.6 is 11.6 Å². The van der Waals surface area contributed by atoms with Gasteiger partial charge in [0.15, 0.2) is 0 Å². The van der Waals surface area contributed by atoms with Gasteiger partial charge in [0.1, 0.15) is 5.02 Å². The molecule has 1 aliphatic rings. The number of aromatic carboxylic acids is 1. The molecule has 1 aromatic rings. The molecule has 0 spiro atoms. The highest BCUT2D eigenvalue weighted by molar-refractivity contribution is 6.30. The summed E-state index contributed by atoms with van der Waals surface area (Å²) in [6.45, 7) is 0. The Morgan fingerprint density at radius 2 is 2.21 bits per heavy atom. The van der Waals surface area contributed by atoms with Gasteiger partial charge in [-0.05, 0) is 18.9 Å². The number of carboxylic acids is 1. The number of hydrogen-bond acceptors (Lipinski definition) is 2. The monoisotopic (exact) mass is 213 g/mol. The lowest BCUT2D eigenvalue weighted by Gasteiger charge is -2.03. The number of nitrogens with one attached hydrogen (secondary N) is 1. The Hall–Kier alpha value is -1.29. The summed E-state index contributed by atoms with van der Waals surface area (Å²) >= 11 is 5.55. The largest absolute Gasteiger partial charge is 0.478 e. The van der Waals surface area contributed by atoms with Crippen LogP contribution in [-0.2, 0) is 0 Å². The van der Waals surface area contributed by atoms with E-state index in [9.17, 15) is 9.59 Å². The molecule has 1 fully saturated rings. The minimum absolute atomic E-state index is 0.0770.